The van der Waals surface area contributed by atoms with Crippen LogP contribution < -0.4 is 19.7 Å². The SMILES string of the molecule is COCC(=O)NCCCC(c1ccc(OC)c(OC)c1)N1C(=O)c2cccc(N3CCN(C(C)c4ccccc4)CC3)c2C1=O. The molecule has 0 radical (unpaired) electrons. The Hall–Kier alpha value is -4.41. The summed E-state index contributed by atoms with van der Waals surface area (Å²) in [6.45, 7) is 5.75. The van der Waals surface area contributed by atoms with Gasteiger partial charge in [-0.05, 0) is 55.2 Å². The van der Waals surface area contributed by atoms with Crippen molar-refractivity contribution in [3.63, 3.8) is 0 Å². The number of amides is 3. The maximum Gasteiger partial charge on any atom is 0.264 e. The lowest BCUT2D eigenvalue weighted by Crippen LogP contribution is -2.47. The molecule has 2 atom stereocenters. The minimum atomic E-state index is -0.576. The number of imide groups is 1. The van der Waals surface area contributed by atoms with Crippen molar-refractivity contribution in [1.82, 2.24) is 15.1 Å². The highest BCUT2D eigenvalue weighted by atomic mass is 16.5. The zero-order valence-corrected chi connectivity index (χ0v) is 26.5. The quantitative estimate of drug-likeness (QED) is 0.223. The third kappa shape index (κ3) is 6.82. The number of rotatable bonds is 13. The number of nitrogens with zero attached hydrogens (tertiary/aromatic N) is 3. The number of anilines is 1. The molecule has 1 saturated heterocycles. The molecular formula is C35H42N4O6. The number of nitrogens with one attached hydrogen (secondary N) is 1. The molecule has 10 heteroatoms. The highest BCUT2D eigenvalue weighted by Crippen LogP contribution is 2.40. The van der Waals surface area contributed by atoms with E-state index < -0.39 is 6.04 Å². The van der Waals surface area contributed by atoms with Gasteiger partial charge in [0.2, 0.25) is 5.91 Å². The molecule has 3 aromatic rings. The zero-order valence-electron chi connectivity index (χ0n) is 26.5. The summed E-state index contributed by atoms with van der Waals surface area (Å²) in [6.07, 6.45) is 0.982. The van der Waals surface area contributed by atoms with E-state index in [1.54, 1.807) is 26.4 Å². The van der Waals surface area contributed by atoms with Gasteiger partial charge in [-0.25, -0.2) is 0 Å². The van der Waals surface area contributed by atoms with E-state index in [9.17, 15) is 14.4 Å². The number of ether oxygens (including phenoxy) is 3. The molecule has 3 amide bonds. The smallest absolute Gasteiger partial charge is 0.264 e. The summed E-state index contributed by atoms with van der Waals surface area (Å²) in [5, 5.41) is 2.83. The number of benzene rings is 3. The highest BCUT2D eigenvalue weighted by molar-refractivity contribution is 6.24. The minimum absolute atomic E-state index is 0.0281. The average Bonchev–Trinajstić information content (AvgIpc) is 3.33. The Bertz CT molecular complexity index is 1510. The molecule has 0 aliphatic carbocycles. The summed E-state index contributed by atoms with van der Waals surface area (Å²) in [6, 6.07) is 21.2. The maximum atomic E-state index is 14.3. The predicted molar refractivity (Wildman–Crippen MR) is 172 cm³/mol. The summed E-state index contributed by atoms with van der Waals surface area (Å²) >= 11 is 0. The molecule has 5 rings (SSSR count). The van der Waals surface area contributed by atoms with Crippen LogP contribution in [0.4, 0.5) is 5.69 Å². The van der Waals surface area contributed by atoms with Crippen molar-refractivity contribution >= 4 is 23.4 Å². The Labute approximate surface area is 264 Å². The van der Waals surface area contributed by atoms with Crippen molar-refractivity contribution < 1.29 is 28.6 Å². The Morgan fingerprint density at radius 1 is 0.844 bits per heavy atom. The fraction of sp³-hybridized carbons (Fsp3) is 0.400. The molecule has 3 aromatic carbocycles. The van der Waals surface area contributed by atoms with E-state index in [0.717, 1.165) is 37.4 Å². The van der Waals surface area contributed by atoms with Crippen molar-refractivity contribution in [3.05, 3.63) is 89.0 Å². The monoisotopic (exact) mass is 614 g/mol. The van der Waals surface area contributed by atoms with Gasteiger partial charge in [0.05, 0.1) is 37.1 Å². The topological polar surface area (TPSA) is 101 Å². The molecule has 0 aromatic heterocycles. The van der Waals surface area contributed by atoms with E-state index >= 15 is 0 Å². The first-order chi connectivity index (χ1) is 21.9. The lowest BCUT2D eigenvalue weighted by atomic mass is 9.99. The van der Waals surface area contributed by atoms with Gasteiger partial charge in [0, 0.05) is 45.9 Å². The number of hydrogen-bond donors (Lipinski definition) is 1. The molecule has 238 valence electrons. The van der Waals surface area contributed by atoms with E-state index in [2.05, 4.69) is 46.3 Å². The van der Waals surface area contributed by atoms with Crippen LogP contribution in [0.2, 0.25) is 0 Å². The maximum absolute atomic E-state index is 14.3. The second kappa shape index (κ2) is 14.6. The van der Waals surface area contributed by atoms with Crippen LogP contribution in [0.15, 0.2) is 66.7 Å². The van der Waals surface area contributed by atoms with Gasteiger partial charge in [-0.1, -0.05) is 42.5 Å². The first kappa shape index (κ1) is 32.0. The highest BCUT2D eigenvalue weighted by Gasteiger charge is 2.43. The second-order valence-corrected chi connectivity index (χ2v) is 11.3. The van der Waals surface area contributed by atoms with Crippen LogP contribution in [0, 0.1) is 0 Å². The number of methoxy groups -OCH3 is 3. The van der Waals surface area contributed by atoms with E-state index in [-0.39, 0.29) is 30.4 Å². The van der Waals surface area contributed by atoms with E-state index in [1.807, 2.05) is 30.3 Å². The normalized spacial score (nSPS) is 16.4. The summed E-state index contributed by atoms with van der Waals surface area (Å²) in [5.41, 5.74) is 3.68. The predicted octanol–water partition coefficient (Wildman–Crippen LogP) is 4.47. The van der Waals surface area contributed by atoms with Crippen LogP contribution >= 0.6 is 0 Å². The fourth-order valence-corrected chi connectivity index (χ4v) is 6.33. The standard InChI is InChI=1S/C35H42N4O6/c1-24(25-10-6-5-7-11-25)37-18-20-38(21-19-37)29-13-8-12-27-33(29)35(42)39(34(27)41)28(14-9-17-36-32(40)23-43-2)26-15-16-30(44-3)31(22-26)45-4/h5-8,10-13,15-16,22,24,28H,9,14,17-21,23H2,1-4H3,(H,36,40). The van der Waals surface area contributed by atoms with Crippen LogP contribution in [-0.2, 0) is 9.53 Å². The summed E-state index contributed by atoms with van der Waals surface area (Å²) < 4.78 is 15.9. The average molecular weight is 615 g/mol. The number of carbonyl (C=O) groups is 3. The summed E-state index contributed by atoms with van der Waals surface area (Å²) in [7, 11) is 4.58. The lowest BCUT2D eigenvalue weighted by Gasteiger charge is -2.39. The largest absolute Gasteiger partial charge is 0.493 e. The first-order valence-corrected chi connectivity index (χ1v) is 15.4. The number of piperazine rings is 1. The van der Waals surface area contributed by atoms with Crippen molar-refractivity contribution in [2.75, 3.05) is 65.6 Å². The summed E-state index contributed by atoms with van der Waals surface area (Å²) in [4.78, 5) is 46.3. The summed E-state index contributed by atoms with van der Waals surface area (Å²) in [5.74, 6) is 0.208. The van der Waals surface area contributed by atoms with Gasteiger partial charge >= 0.3 is 0 Å². The molecule has 0 saturated carbocycles. The zero-order chi connectivity index (χ0) is 31.9. The van der Waals surface area contributed by atoms with Crippen molar-refractivity contribution in [3.8, 4) is 11.5 Å². The molecule has 10 nitrogen and oxygen atoms in total. The number of carbonyl (C=O) groups excluding carboxylic acids is 3. The van der Waals surface area contributed by atoms with Gasteiger partial charge in [0.25, 0.3) is 11.8 Å². The molecule has 0 spiro atoms. The molecule has 2 aliphatic heterocycles. The second-order valence-electron chi connectivity index (χ2n) is 11.3. The van der Waals surface area contributed by atoms with Crippen molar-refractivity contribution in [2.45, 2.75) is 31.8 Å². The van der Waals surface area contributed by atoms with Crippen molar-refractivity contribution in [1.29, 1.82) is 0 Å². The fourth-order valence-electron chi connectivity index (χ4n) is 6.33. The Kier molecular flexibility index (Phi) is 10.4. The molecule has 2 unspecified atom stereocenters. The van der Waals surface area contributed by atoms with Gasteiger partial charge in [-0.3, -0.25) is 24.2 Å². The molecule has 1 fully saturated rings. The van der Waals surface area contributed by atoms with Crippen LogP contribution in [0.3, 0.4) is 0 Å². The van der Waals surface area contributed by atoms with E-state index in [4.69, 9.17) is 14.2 Å². The first-order valence-electron chi connectivity index (χ1n) is 15.4. The van der Waals surface area contributed by atoms with Crippen LogP contribution in [0.1, 0.15) is 63.7 Å². The van der Waals surface area contributed by atoms with Crippen LogP contribution in [-0.4, -0.2) is 88.2 Å². The molecule has 2 heterocycles. The van der Waals surface area contributed by atoms with Crippen molar-refractivity contribution in [2.24, 2.45) is 0 Å². The van der Waals surface area contributed by atoms with Gasteiger partial charge < -0.3 is 24.4 Å². The molecule has 2 aliphatic rings. The van der Waals surface area contributed by atoms with Gasteiger partial charge in [0.1, 0.15) is 6.61 Å². The van der Waals surface area contributed by atoms with Gasteiger partial charge in [0.15, 0.2) is 11.5 Å². The molecule has 45 heavy (non-hydrogen) atoms. The molecule has 0 bridgehead atoms. The molecule has 1 N–H and O–H groups in total. The van der Waals surface area contributed by atoms with E-state index in [0.29, 0.717) is 42.0 Å². The van der Waals surface area contributed by atoms with E-state index in [1.165, 1.54) is 17.6 Å². The van der Waals surface area contributed by atoms with Crippen LogP contribution in [0.25, 0.3) is 0 Å². The third-order valence-corrected chi connectivity index (χ3v) is 8.76. The Balaban J connectivity index is 1.38. The lowest BCUT2D eigenvalue weighted by molar-refractivity contribution is -0.124. The number of hydrogen-bond acceptors (Lipinski definition) is 8. The molecular weight excluding hydrogens is 572 g/mol. The third-order valence-electron chi connectivity index (χ3n) is 8.76. The van der Waals surface area contributed by atoms with Gasteiger partial charge in [-0.2, -0.15) is 0 Å². The minimum Gasteiger partial charge on any atom is -0.493 e. The Morgan fingerprint density at radius 3 is 2.27 bits per heavy atom. The van der Waals surface area contributed by atoms with Gasteiger partial charge in [-0.15, -0.1) is 0 Å². The number of fused-ring (bicyclic) bond motifs is 1. The van der Waals surface area contributed by atoms with Crippen LogP contribution in [0.5, 0.6) is 11.5 Å². The Morgan fingerprint density at radius 2 is 1.58 bits per heavy atom.